The molecule has 1 heterocycles. The molecule has 5 nitrogen and oxygen atoms in total. The van der Waals surface area contributed by atoms with E-state index in [1.807, 2.05) is 19.2 Å². The molecule has 1 aromatic heterocycles. The number of ether oxygens (including phenoxy) is 1. The second-order valence-electron chi connectivity index (χ2n) is 5.65. The van der Waals surface area contributed by atoms with Crippen molar-refractivity contribution in [2.24, 2.45) is 0 Å². The third kappa shape index (κ3) is 3.82. The van der Waals surface area contributed by atoms with E-state index in [-0.39, 0.29) is 0 Å². The van der Waals surface area contributed by atoms with Crippen LogP contribution in [0.15, 0.2) is 28.8 Å². The molecular weight excluding hydrogens is 266 g/mol. The Hall–Kier alpha value is -1.88. The van der Waals surface area contributed by atoms with E-state index in [1.165, 1.54) is 18.4 Å². The summed E-state index contributed by atoms with van der Waals surface area (Å²) in [6.07, 6.45) is 3.35. The Morgan fingerprint density at radius 3 is 2.76 bits per heavy atom. The van der Waals surface area contributed by atoms with Gasteiger partial charge in [-0.3, -0.25) is 0 Å². The van der Waals surface area contributed by atoms with E-state index >= 15 is 0 Å². The Balaban J connectivity index is 1.52. The molecule has 0 spiro atoms. The molecule has 0 amide bonds. The minimum atomic E-state index is 0.325. The van der Waals surface area contributed by atoms with Crippen molar-refractivity contribution in [1.82, 2.24) is 15.5 Å². The Kier molecular flexibility index (Phi) is 4.20. The molecule has 21 heavy (non-hydrogen) atoms. The van der Waals surface area contributed by atoms with Crippen LogP contribution in [0.4, 0.5) is 0 Å². The second kappa shape index (κ2) is 6.26. The summed E-state index contributed by atoms with van der Waals surface area (Å²) < 4.78 is 10.9. The Bertz CT molecular complexity index is 575. The van der Waals surface area contributed by atoms with Crippen molar-refractivity contribution in [3.63, 3.8) is 0 Å². The molecule has 0 radical (unpaired) electrons. The van der Waals surface area contributed by atoms with Crippen molar-refractivity contribution in [1.29, 1.82) is 0 Å². The van der Waals surface area contributed by atoms with Crippen LogP contribution in [-0.2, 0) is 13.0 Å². The number of nitrogens with zero attached hydrogens (tertiary/aromatic N) is 2. The first-order chi connectivity index (χ1) is 10.2. The van der Waals surface area contributed by atoms with Crippen LogP contribution in [0.1, 0.15) is 43.0 Å². The quantitative estimate of drug-likeness (QED) is 0.848. The average Bonchev–Trinajstić information content (AvgIpc) is 3.25. The summed E-state index contributed by atoms with van der Waals surface area (Å²) in [7, 11) is 1.97. The highest BCUT2D eigenvalue weighted by Crippen LogP contribution is 2.38. The van der Waals surface area contributed by atoms with Gasteiger partial charge >= 0.3 is 0 Å². The fraction of sp³-hybridized carbons (Fsp3) is 0.500. The molecule has 1 aliphatic rings. The standard InChI is InChI=1S/C16H21N3O2/c1-11(17-2)9-12-3-7-14(8-4-12)20-10-15-18-16(19-21-15)13-5-6-13/h3-4,7-8,11,13,17H,5-6,9-10H2,1-2H3. The first kappa shape index (κ1) is 14.1. The molecule has 1 atom stereocenters. The lowest BCUT2D eigenvalue weighted by atomic mass is 10.1. The predicted octanol–water partition coefficient (Wildman–Crippen LogP) is 2.68. The SMILES string of the molecule is CNC(C)Cc1ccc(OCc2nc(C3CC3)no2)cc1. The molecule has 112 valence electrons. The number of nitrogens with one attached hydrogen (secondary N) is 1. The Labute approximate surface area is 124 Å². The monoisotopic (exact) mass is 287 g/mol. The van der Waals surface area contributed by atoms with Crippen molar-refractivity contribution in [2.75, 3.05) is 7.05 Å². The van der Waals surface area contributed by atoms with Crippen molar-refractivity contribution in [3.8, 4) is 5.75 Å². The highest BCUT2D eigenvalue weighted by molar-refractivity contribution is 5.27. The smallest absolute Gasteiger partial charge is 0.264 e. The summed E-state index contributed by atoms with van der Waals surface area (Å²) >= 11 is 0. The zero-order valence-corrected chi connectivity index (χ0v) is 12.5. The van der Waals surface area contributed by atoms with Crippen LogP contribution in [0.5, 0.6) is 5.75 Å². The zero-order chi connectivity index (χ0) is 14.7. The largest absolute Gasteiger partial charge is 0.484 e. The van der Waals surface area contributed by atoms with Crippen molar-refractivity contribution >= 4 is 0 Å². The third-order valence-electron chi connectivity index (χ3n) is 3.75. The lowest BCUT2D eigenvalue weighted by Gasteiger charge is -2.10. The van der Waals surface area contributed by atoms with Crippen molar-refractivity contribution in [3.05, 3.63) is 41.5 Å². The van der Waals surface area contributed by atoms with Gasteiger partial charge in [0.1, 0.15) is 5.75 Å². The second-order valence-corrected chi connectivity index (χ2v) is 5.65. The van der Waals surface area contributed by atoms with E-state index < -0.39 is 0 Å². The van der Waals surface area contributed by atoms with Gasteiger partial charge in [-0.2, -0.15) is 4.98 Å². The van der Waals surface area contributed by atoms with E-state index in [2.05, 4.69) is 34.5 Å². The van der Waals surface area contributed by atoms with Gasteiger partial charge in [-0.15, -0.1) is 0 Å². The van der Waals surface area contributed by atoms with Gasteiger partial charge in [-0.1, -0.05) is 17.3 Å². The highest BCUT2D eigenvalue weighted by atomic mass is 16.5. The zero-order valence-electron chi connectivity index (χ0n) is 12.5. The summed E-state index contributed by atoms with van der Waals surface area (Å²) in [5, 5.41) is 7.21. The normalized spacial score (nSPS) is 15.9. The lowest BCUT2D eigenvalue weighted by molar-refractivity contribution is 0.242. The van der Waals surface area contributed by atoms with Gasteiger partial charge in [0.15, 0.2) is 12.4 Å². The predicted molar refractivity (Wildman–Crippen MR) is 79.3 cm³/mol. The summed E-state index contributed by atoms with van der Waals surface area (Å²) in [5.74, 6) is 2.70. The van der Waals surface area contributed by atoms with Crippen molar-refractivity contribution in [2.45, 2.75) is 44.8 Å². The van der Waals surface area contributed by atoms with E-state index in [1.54, 1.807) is 0 Å². The number of hydrogen-bond acceptors (Lipinski definition) is 5. The van der Waals surface area contributed by atoms with E-state index in [4.69, 9.17) is 9.26 Å². The molecule has 1 aromatic carbocycles. The van der Waals surface area contributed by atoms with E-state index in [0.29, 0.717) is 24.5 Å². The highest BCUT2D eigenvalue weighted by Gasteiger charge is 2.28. The van der Waals surface area contributed by atoms with Gasteiger partial charge in [0.05, 0.1) is 0 Å². The summed E-state index contributed by atoms with van der Waals surface area (Å²) in [4.78, 5) is 4.34. The van der Waals surface area contributed by atoms with Crippen LogP contribution in [-0.4, -0.2) is 23.2 Å². The third-order valence-corrected chi connectivity index (χ3v) is 3.75. The van der Waals surface area contributed by atoms with Crippen LogP contribution in [0.2, 0.25) is 0 Å². The summed E-state index contributed by atoms with van der Waals surface area (Å²) in [6, 6.07) is 8.61. The van der Waals surface area contributed by atoms with Crippen LogP contribution < -0.4 is 10.1 Å². The molecule has 0 saturated heterocycles. The minimum Gasteiger partial charge on any atom is -0.484 e. The minimum absolute atomic E-state index is 0.325. The molecule has 1 N–H and O–H groups in total. The molecule has 5 heteroatoms. The maximum atomic E-state index is 5.68. The van der Waals surface area contributed by atoms with Gasteiger partial charge in [-0.25, -0.2) is 0 Å². The fourth-order valence-corrected chi connectivity index (χ4v) is 2.16. The Morgan fingerprint density at radius 2 is 2.10 bits per heavy atom. The first-order valence-corrected chi connectivity index (χ1v) is 7.46. The molecule has 0 aliphatic heterocycles. The van der Waals surface area contributed by atoms with Crippen LogP contribution in [0, 0.1) is 0 Å². The molecular formula is C16H21N3O2. The number of rotatable bonds is 7. The van der Waals surface area contributed by atoms with Gasteiger partial charge in [-0.05, 0) is 50.9 Å². The van der Waals surface area contributed by atoms with Gasteiger partial charge in [0.25, 0.3) is 5.89 Å². The molecule has 1 fully saturated rings. The molecule has 0 bridgehead atoms. The molecule has 1 unspecified atom stereocenters. The maximum absolute atomic E-state index is 5.68. The number of benzene rings is 1. The fourth-order valence-electron chi connectivity index (χ4n) is 2.16. The molecule has 1 saturated carbocycles. The first-order valence-electron chi connectivity index (χ1n) is 7.46. The molecule has 3 rings (SSSR count). The van der Waals surface area contributed by atoms with Gasteiger partial charge in [0, 0.05) is 12.0 Å². The van der Waals surface area contributed by atoms with Crippen LogP contribution >= 0.6 is 0 Å². The Morgan fingerprint density at radius 1 is 1.33 bits per heavy atom. The number of hydrogen-bond donors (Lipinski definition) is 1. The maximum Gasteiger partial charge on any atom is 0.264 e. The summed E-state index contributed by atoms with van der Waals surface area (Å²) in [5.41, 5.74) is 1.29. The number of likely N-dealkylation sites (N-methyl/N-ethyl adjacent to an activating group) is 1. The average molecular weight is 287 g/mol. The summed E-state index contributed by atoms with van der Waals surface area (Å²) in [6.45, 7) is 2.49. The topological polar surface area (TPSA) is 60.2 Å². The van der Waals surface area contributed by atoms with Crippen molar-refractivity contribution < 1.29 is 9.26 Å². The molecule has 2 aromatic rings. The van der Waals surface area contributed by atoms with Gasteiger partial charge < -0.3 is 14.6 Å². The van der Waals surface area contributed by atoms with E-state index in [0.717, 1.165) is 18.0 Å². The van der Waals surface area contributed by atoms with Crippen LogP contribution in [0.3, 0.4) is 0 Å². The number of aromatic nitrogens is 2. The van der Waals surface area contributed by atoms with E-state index in [9.17, 15) is 0 Å². The molecule has 1 aliphatic carbocycles. The lowest BCUT2D eigenvalue weighted by Crippen LogP contribution is -2.23. The van der Waals surface area contributed by atoms with Crippen LogP contribution in [0.25, 0.3) is 0 Å². The van der Waals surface area contributed by atoms with Gasteiger partial charge in [0.2, 0.25) is 0 Å².